The van der Waals surface area contributed by atoms with Crippen molar-refractivity contribution in [1.29, 1.82) is 0 Å². The molecule has 2 saturated heterocycles. The summed E-state index contributed by atoms with van der Waals surface area (Å²) in [5, 5.41) is 13.9. The summed E-state index contributed by atoms with van der Waals surface area (Å²) in [5.74, 6) is 0. The Morgan fingerprint density at radius 1 is 1.48 bits per heavy atom. The zero-order chi connectivity index (χ0) is 15.5. The van der Waals surface area contributed by atoms with Crippen molar-refractivity contribution < 1.29 is 9.66 Å². The predicted molar refractivity (Wildman–Crippen MR) is 80.9 cm³/mol. The number of piperidine rings is 2. The molecule has 0 spiro atoms. The van der Waals surface area contributed by atoms with E-state index in [4.69, 9.17) is 4.74 Å². The Kier molecular flexibility index (Phi) is 5.54. The lowest BCUT2D eigenvalue weighted by Crippen LogP contribution is -2.60. The Hall–Kier alpha value is -0.760. The first-order valence-electron chi connectivity index (χ1n) is 7.76. The van der Waals surface area contributed by atoms with Crippen LogP contribution in [-0.2, 0) is 4.74 Å². The lowest BCUT2D eigenvalue weighted by Gasteiger charge is -2.47. The van der Waals surface area contributed by atoms with E-state index in [0.717, 1.165) is 38.9 Å². The van der Waals surface area contributed by atoms with Gasteiger partial charge in [-0.1, -0.05) is 0 Å². The van der Waals surface area contributed by atoms with Gasteiger partial charge >= 0.3 is 0 Å². The fourth-order valence-electron chi connectivity index (χ4n) is 3.70. The highest BCUT2D eigenvalue weighted by atomic mass is 16.6. The molecule has 0 aromatic rings. The van der Waals surface area contributed by atoms with E-state index in [1.807, 2.05) is 0 Å². The molecule has 2 fully saturated rings. The van der Waals surface area contributed by atoms with Gasteiger partial charge in [0.25, 0.3) is 6.17 Å². The molecule has 3 unspecified atom stereocenters. The van der Waals surface area contributed by atoms with Gasteiger partial charge in [-0.05, 0) is 39.9 Å². The summed E-state index contributed by atoms with van der Waals surface area (Å²) in [4.78, 5) is 15.2. The van der Waals surface area contributed by atoms with Crippen LogP contribution in [0.5, 0.6) is 0 Å². The first kappa shape index (κ1) is 16.6. The van der Waals surface area contributed by atoms with Crippen LogP contribution < -0.4 is 5.32 Å². The van der Waals surface area contributed by atoms with Crippen LogP contribution in [0.4, 0.5) is 0 Å². The van der Waals surface area contributed by atoms with Gasteiger partial charge in [-0.15, -0.1) is 0 Å². The second kappa shape index (κ2) is 7.00. The molecule has 2 rings (SSSR count). The molecule has 0 radical (unpaired) electrons. The van der Waals surface area contributed by atoms with E-state index in [2.05, 4.69) is 29.2 Å². The summed E-state index contributed by atoms with van der Waals surface area (Å²) < 4.78 is 5.86. The Morgan fingerprint density at radius 2 is 2.24 bits per heavy atom. The van der Waals surface area contributed by atoms with Crippen molar-refractivity contribution in [3.63, 3.8) is 0 Å². The summed E-state index contributed by atoms with van der Waals surface area (Å²) in [6.45, 7) is 3.59. The molecule has 0 aromatic carbocycles. The van der Waals surface area contributed by atoms with Gasteiger partial charge in [0.1, 0.15) is 0 Å². The molecule has 7 heteroatoms. The number of methoxy groups -OCH3 is 1. The summed E-state index contributed by atoms with van der Waals surface area (Å²) in [6, 6.07) is 0.387. The molecule has 2 heterocycles. The number of nitro groups is 1. The van der Waals surface area contributed by atoms with Crippen LogP contribution in [-0.4, -0.2) is 79.9 Å². The standard InChI is InChI=1S/C14H28N4O3/c1-16(2)10-14(21-3)7-4-8-17(11-14)12-5-6-13(15-9-12)18(19)20/h12-13,15H,4-11H2,1-3H3. The van der Waals surface area contributed by atoms with Crippen LogP contribution in [0.3, 0.4) is 0 Å². The molecule has 3 atom stereocenters. The topological polar surface area (TPSA) is 70.9 Å². The number of hydrogen-bond acceptors (Lipinski definition) is 6. The van der Waals surface area contributed by atoms with Gasteiger partial charge in [0.2, 0.25) is 0 Å². The summed E-state index contributed by atoms with van der Waals surface area (Å²) in [6.07, 6.45) is 3.13. The lowest BCUT2D eigenvalue weighted by atomic mass is 9.89. The van der Waals surface area contributed by atoms with E-state index in [1.165, 1.54) is 0 Å². The molecule has 2 aliphatic heterocycles. The molecule has 0 aliphatic carbocycles. The van der Waals surface area contributed by atoms with Gasteiger partial charge in [-0.3, -0.25) is 20.3 Å². The minimum atomic E-state index is -0.569. The van der Waals surface area contributed by atoms with Gasteiger partial charge in [0, 0.05) is 44.1 Å². The molecule has 2 aliphatic rings. The highest BCUT2D eigenvalue weighted by Crippen LogP contribution is 2.28. The third kappa shape index (κ3) is 4.12. The number of likely N-dealkylation sites (N-methyl/N-ethyl adjacent to an activating group) is 1. The van der Waals surface area contributed by atoms with Crippen molar-refractivity contribution in [2.24, 2.45) is 0 Å². The molecule has 0 amide bonds. The minimum Gasteiger partial charge on any atom is -0.376 e. The van der Waals surface area contributed by atoms with E-state index in [0.29, 0.717) is 19.0 Å². The molecule has 7 nitrogen and oxygen atoms in total. The van der Waals surface area contributed by atoms with Crippen LogP contribution in [0, 0.1) is 10.1 Å². The second-order valence-corrected chi connectivity index (χ2v) is 6.64. The highest BCUT2D eigenvalue weighted by Gasteiger charge is 2.40. The van der Waals surface area contributed by atoms with Crippen molar-refractivity contribution in [1.82, 2.24) is 15.1 Å². The third-order valence-corrected chi connectivity index (χ3v) is 4.74. The lowest BCUT2D eigenvalue weighted by molar-refractivity contribution is -0.532. The van der Waals surface area contributed by atoms with Gasteiger partial charge in [-0.2, -0.15) is 0 Å². The van der Waals surface area contributed by atoms with Gasteiger partial charge in [0.05, 0.1) is 5.60 Å². The highest BCUT2D eigenvalue weighted by molar-refractivity contribution is 4.94. The van der Waals surface area contributed by atoms with E-state index >= 15 is 0 Å². The van der Waals surface area contributed by atoms with Crippen molar-refractivity contribution >= 4 is 0 Å². The maximum absolute atomic E-state index is 10.8. The van der Waals surface area contributed by atoms with Gasteiger partial charge in [-0.25, -0.2) is 0 Å². The predicted octanol–water partition coefficient (Wildman–Crippen LogP) is 0.384. The maximum atomic E-state index is 10.8. The summed E-state index contributed by atoms with van der Waals surface area (Å²) in [5.41, 5.74) is -0.109. The monoisotopic (exact) mass is 300 g/mol. The quantitative estimate of drug-likeness (QED) is 0.585. The molecule has 1 N–H and O–H groups in total. The maximum Gasteiger partial charge on any atom is 0.266 e. The summed E-state index contributed by atoms with van der Waals surface area (Å²) >= 11 is 0. The summed E-state index contributed by atoms with van der Waals surface area (Å²) in [7, 11) is 5.95. The van der Waals surface area contributed by atoms with E-state index in [9.17, 15) is 10.1 Å². The minimum absolute atomic E-state index is 0.109. The normalized spacial score (nSPS) is 35.0. The zero-order valence-corrected chi connectivity index (χ0v) is 13.4. The molecule has 0 saturated carbocycles. The van der Waals surface area contributed by atoms with Gasteiger partial charge in [0.15, 0.2) is 0 Å². The van der Waals surface area contributed by atoms with Crippen LogP contribution >= 0.6 is 0 Å². The first-order chi connectivity index (χ1) is 9.96. The zero-order valence-electron chi connectivity index (χ0n) is 13.4. The molecule has 0 aromatic heterocycles. The Labute approximate surface area is 126 Å². The molecular weight excluding hydrogens is 272 g/mol. The van der Waals surface area contributed by atoms with Crippen molar-refractivity contribution in [3.8, 4) is 0 Å². The number of nitrogens with zero attached hydrogens (tertiary/aromatic N) is 3. The largest absolute Gasteiger partial charge is 0.376 e. The number of hydrogen-bond donors (Lipinski definition) is 1. The van der Waals surface area contributed by atoms with E-state index in [-0.39, 0.29) is 10.5 Å². The van der Waals surface area contributed by atoms with E-state index < -0.39 is 6.17 Å². The molecule has 21 heavy (non-hydrogen) atoms. The van der Waals surface area contributed by atoms with Crippen molar-refractivity contribution in [2.45, 2.75) is 43.5 Å². The fourth-order valence-corrected chi connectivity index (χ4v) is 3.70. The van der Waals surface area contributed by atoms with Crippen LogP contribution in [0.15, 0.2) is 0 Å². The van der Waals surface area contributed by atoms with Crippen LogP contribution in [0.1, 0.15) is 25.7 Å². The smallest absolute Gasteiger partial charge is 0.266 e. The second-order valence-electron chi connectivity index (χ2n) is 6.64. The average Bonchev–Trinajstić information content (AvgIpc) is 2.47. The number of nitrogens with one attached hydrogen (secondary N) is 1. The fraction of sp³-hybridized carbons (Fsp3) is 1.00. The number of likely N-dealkylation sites (tertiary alicyclic amines) is 1. The number of rotatable bonds is 5. The first-order valence-corrected chi connectivity index (χ1v) is 7.76. The Balaban J connectivity index is 1.93. The van der Waals surface area contributed by atoms with Crippen LogP contribution in [0.2, 0.25) is 0 Å². The molecule has 0 bridgehead atoms. The molecule has 122 valence electrons. The van der Waals surface area contributed by atoms with E-state index in [1.54, 1.807) is 7.11 Å². The Morgan fingerprint density at radius 3 is 2.76 bits per heavy atom. The number of ether oxygens (including phenoxy) is 1. The SMILES string of the molecule is COC1(CN(C)C)CCCN(C2CCC([N+](=O)[O-])NC2)C1. The average molecular weight is 300 g/mol. The Bertz CT molecular complexity index is 358. The van der Waals surface area contributed by atoms with Gasteiger partial charge < -0.3 is 9.64 Å². The van der Waals surface area contributed by atoms with Crippen molar-refractivity contribution in [2.75, 3.05) is 47.4 Å². The third-order valence-electron chi connectivity index (χ3n) is 4.74. The molecular formula is C14H28N4O3. The van der Waals surface area contributed by atoms with Crippen molar-refractivity contribution in [3.05, 3.63) is 10.1 Å². The van der Waals surface area contributed by atoms with Crippen LogP contribution in [0.25, 0.3) is 0 Å².